The molecule has 0 atom stereocenters. The number of ether oxygens (including phenoxy) is 1. The second-order valence-electron chi connectivity index (χ2n) is 5.56. The number of aromatic amines is 1. The Balaban J connectivity index is 1.66. The highest BCUT2D eigenvalue weighted by atomic mass is 16.5. The second-order valence-corrected chi connectivity index (χ2v) is 5.56. The molecule has 0 saturated heterocycles. The molecule has 1 heterocycles. The second kappa shape index (κ2) is 5.62. The van der Waals surface area contributed by atoms with Crippen LogP contribution in [0.1, 0.15) is 0 Å². The number of nitrogens with zero attached hydrogens (tertiary/aromatic N) is 1. The largest absolute Gasteiger partial charge is 0.457 e. The van der Waals surface area contributed by atoms with Gasteiger partial charge in [-0.1, -0.05) is 12.1 Å². The molecule has 0 bridgehead atoms. The number of hydrogen-bond donors (Lipinski definition) is 3. The van der Waals surface area contributed by atoms with Crippen molar-refractivity contribution in [3.05, 3.63) is 66.7 Å². The first-order valence-corrected chi connectivity index (χ1v) is 7.56. The van der Waals surface area contributed by atoms with E-state index in [1.807, 2.05) is 66.7 Å². The van der Waals surface area contributed by atoms with E-state index in [0.717, 1.165) is 33.9 Å². The Kier molecular flexibility index (Phi) is 3.31. The summed E-state index contributed by atoms with van der Waals surface area (Å²) in [6.07, 6.45) is 0. The summed E-state index contributed by atoms with van der Waals surface area (Å²) in [6.45, 7) is 0. The maximum absolute atomic E-state index is 5.87. The van der Waals surface area contributed by atoms with Gasteiger partial charge in [0.05, 0.1) is 11.0 Å². The molecule has 118 valence electrons. The van der Waals surface area contributed by atoms with Crippen molar-refractivity contribution < 1.29 is 4.74 Å². The molecule has 0 aliphatic carbocycles. The van der Waals surface area contributed by atoms with Crippen molar-refractivity contribution >= 4 is 22.4 Å². The molecule has 4 aromatic rings. The van der Waals surface area contributed by atoms with Crippen molar-refractivity contribution in [3.8, 4) is 22.9 Å². The molecule has 0 saturated carbocycles. The summed E-state index contributed by atoms with van der Waals surface area (Å²) in [5.41, 5.74) is 15.7. The summed E-state index contributed by atoms with van der Waals surface area (Å²) in [7, 11) is 0. The number of nitrogens with one attached hydrogen (secondary N) is 1. The van der Waals surface area contributed by atoms with Gasteiger partial charge in [-0.25, -0.2) is 4.98 Å². The number of benzene rings is 3. The van der Waals surface area contributed by atoms with E-state index in [1.54, 1.807) is 0 Å². The van der Waals surface area contributed by atoms with E-state index in [2.05, 4.69) is 9.97 Å². The number of rotatable bonds is 3. The van der Waals surface area contributed by atoms with Crippen LogP contribution < -0.4 is 16.2 Å². The van der Waals surface area contributed by atoms with Crippen LogP contribution in [0.15, 0.2) is 66.7 Å². The molecule has 4 rings (SSSR count). The van der Waals surface area contributed by atoms with Crippen LogP contribution in [0.25, 0.3) is 22.4 Å². The Morgan fingerprint density at radius 3 is 2.42 bits per heavy atom. The molecule has 0 fully saturated rings. The fraction of sp³-hybridized carbons (Fsp3) is 0. The van der Waals surface area contributed by atoms with Gasteiger partial charge in [-0.3, -0.25) is 0 Å². The number of anilines is 2. The van der Waals surface area contributed by atoms with Crippen LogP contribution in [0.5, 0.6) is 11.5 Å². The summed E-state index contributed by atoms with van der Waals surface area (Å²) >= 11 is 0. The van der Waals surface area contributed by atoms with Crippen LogP contribution in [0.2, 0.25) is 0 Å². The number of fused-ring (bicyclic) bond motifs is 1. The molecule has 5 nitrogen and oxygen atoms in total. The van der Waals surface area contributed by atoms with E-state index in [4.69, 9.17) is 16.2 Å². The minimum absolute atomic E-state index is 0.706. The lowest BCUT2D eigenvalue weighted by Crippen LogP contribution is -1.87. The molecule has 24 heavy (non-hydrogen) atoms. The van der Waals surface area contributed by atoms with E-state index >= 15 is 0 Å². The van der Waals surface area contributed by atoms with Gasteiger partial charge in [0.1, 0.15) is 17.3 Å². The van der Waals surface area contributed by atoms with Gasteiger partial charge < -0.3 is 21.2 Å². The van der Waals surface area contributed by atoms with Crippen LogP contribution in [-0.2, 0) is 0 Å². The molecule has 1 aromatic heterocycles. The number of H-pyrrole nitrogens is 1. The lowest BCUT2D eigenvalue weighted by Gasteiger charge is -2.07. The van der Waals surface area contributed by atoms with Crippen LogP contribution in [0.3, 0.4) is 0 Å². The zero-order valence-electron chi connectivity index (χ0n) is 12.9. The van der Waals surface area contributed by atoms with Gasteiger partial charge in [-0.15, -0.1) is 0 Å². The molecule has 5 heteroatoms. The topological polar surface area (TPSA) is 89.9 Å². The summed E-state index contributed by atoms with van der Waals surface area (Å²) < 4.78 is 5.87. The Labute approximate surface area is 138 Å². The molecule has 5 N–H and O–H groups in total. The Bertz CT molecular complexity index is 1010. The number of hydrogen-bond acceptors (Lipinski definition) is 4. The third-order valence-electron chi connectivity index (χ3n) is 3.73. The summed E-state index contributed by atoms with van der Waals surface area (Å²) in [6, 6.07) is 20.7. The molecule has 0 amide bonds. The van der Waals surface area contributed by atoms with Crippen molar-refractivity contribution in [3.63, 3.8) is 0 Å². The van der Waals surface area contributed by atoms with Gasteiger partial charge >= 0.3 is 0 Å². The van der Waals surface area contributed by atoms with Crippen molar-refractivity contribution in [2.45, 2.75) is 0 Å². The highest BCUT2D eigenvalue weighted by Crippen LogP contribution is 2.28. The predicted molar refractivity (Wildman–Crippen MR) is 96.9 cm³/mol. The summed E-state index contributed by atoms with van der Waals surface area (Å²) in [4.78, 5) is 7.89. The highest BCUT2D eigenvalue weighted by Gasteiger charge is 2.07. The fourth-order valence-electron chi connectivity index (χ4n) is 2.54. The van der Waals surface area contributed by atoms with Crippen molar-refractivity contribution in [1.82, 2.24) is 9.97 Å². The van der Waals surface area contributed by atoms with Gasteiger partial charge in [-0.2, -0.15) is 0 Å². The van der Waals surface area contributed by atoms with Crippen LogP contribution >= 0.6 is 0 Å². The van der Waals surface area contributed by atoms with E-state index in [9.17, 15) is 0 Å². The van der Waals surface area contributed by atoms with Crippen LogP contribution in [0, 0.1) is 0 Å². The minimum Gasteiger partial charge on any atom is -0.457 e. The molecule has 0 spiro atoms. The predicted octanol–water partition coefficient (Wildman–Crippen LogP) is 4.19. The highest BCUT2D eigenvalue weighted by molar-refractivity contribution is 5.82. The average Bonchev–Trinajstić information content (AvgIpc) is 3.00. The zero-order valence-corrected chi connectivity index (χ0v) is 12.9. The SMILES string of the molecule is Nc1ccc(Oc2cccc(-c3nc4ccc(N)cc4[nH]3)c2)cc1. The van der Waals surface area contributed by atoms with Crippen LogP contribution in [0.4, 0.5) is 11.4 Å². The molecular weight excluding hydrogens is 300 g/mol. The first-order valence-electron chi connectivity index (χ1n) is 7.56. The minimum atomic E-state index is 0.706. The summed E-state index contributed by atoms with van der Waals surface area (Å²) in [5.74, 6) is 2.24. The quantitative estimate of drug-likeness (QED) is 0.494. The Morgan fingerprint density at radius 2 is 1.58 bits per heavy atom. The third-order valence-corrected chi connectivity index (χ3v) is 3.73. The van der Waals surface area contributed by atoms with Gasteiger partial charge in [0, 0.05) is 16.9 Å². The zero-order chi connectivity index (χ0) is 16.5. The van der Waals surface area contributed by atoms with Gasteiger partial charge in [0.25, 0.3) is 0 Å². The van der Waals surface area contributed by atoms with Crippen molar-refractivity contribution in [2.24, 2.45) is 0 Å². The van der Waals surface area contributed by atoms with E-state index < -0.39 is 0 Å². The molecule has 0 unspecified atom stereocenters. The first kappa shape index (κ1) is 14.1. The Hall–Kier alpha value is -3.47. The maximum atomic E-state index is 5.87. The van der Waals surface area contributed by atoms with Gasteiger partial charge in [-0.05, 0) is 54.6 Å². The van der Waals surface area contributed by atoms with Crippen molar-refractivity contribution in [1.29, 1.82) is 0 Å². The first-order chi connectivity index (χ1) is 11.7. The third kappa shape index (κ3) is 2.75. The number of nitrogens with two attached hydrogens (primary N) is 2. The van der Waals surface area contributed by atoms with E-state index in [0.29, 0.717) is 11.4 Å². The van der Waals surface area contributed by atoms with Crippen molar-refractivity contribution in [2.75, 3.05) is 11.5 Å². The molecular formula is C19H16N4O. The van der Waals surface area contributed by atoms with Gasteiger partial charge in [0.2, 0.25) is 0 Å². The molecule has 0 aliphatic rings. The standard InChI is InChI=1S/C19H16N4O/c20-13-4-7-15(8-5-13)24-16-3-1-2-12(10-16)19-22-17-9-6-14(21)11-18(17)23-19/h1-11H,20-21H2,(H,22,23). The number of aromatic nitrogens is 2. The smallest absolute Gasteiger partial charge is 0.138 e. The van der Waals surface area contributed by atoms with E-state index in [1.165, 1.54) is 0 Å². The maximum Gasteiger partial charge on any atom is 0.138 e. The number of nitrogen functional groups attached to an aromatic ring is 2. The average molecular weight is 316 g/mol. The Morgan fingerprint density at radius 1 is 0.792 bits per heavy atom. The lowest BCUT2D eigenvalue weighted by molar-refractivity contribution is 0.483. The fourth-order valence-corrected chi connectivity index (χ4v) is 2.54. The number of imidazole rings is 1. The van der Waals surface area contributed by atoms with Gasteiger partial charge in [0.15, 0.2) is 0 Å². The monoisotopic (exact) mass is 316 g/mol. The van der Waals surface area contributed by atoms with E-state index in [-0.39, 0.29) is 0 Å². The lowest BCUT2D eigenvalue weighted by atomic mass is 10.2. The van der Waals surface area contributed by atoms with Crippen LogP contribution in [-0.4, -0.2) is 9.97 Å². The summed E-state index contributed by atoms with van der Waals surface area (Å²) in [5, 5.41) is 0. The molecule has 0 aliphatic heterocycles. The molecule has 3 aromatic carbocycles. The normalized spacial score (nSPS) is 10.8. The molecule has 0 radical (unpaired) electrons.